The molecule has 0 spiro atoms. The molecule has 0 aromatic heterocycles. The van der Waals surface area contributed by atoms with Gasteiger partial charge in [0, 0.05) is 12.0 Å². The minimum Gasteiger partial charge on any atom is -0.390 e. The summed E-state index contributed by atoms with van der Waals surface area (Å²) in [6.45, 7) is 3.46. The maximum atomic E-state index is 9.80. The average Bonchev–Trinajstić information content (AvgIpc) is 2.17. The van der Waals surface area contributed by atoms with Gasteiger partial charge in [-0.25, -0.2) is 0 Å². The van der Waals surface area contributed by atoms with Crippen molar-refractivity contribution in [3.63, 3.8) is 0 Å². The monoisotopic (exact) mass is 181 g/mol. The molecule has 0 aliphatic heterocycles. The molecule has 72 valence electrons. The lowest BCUT2D eigenvalue weighted by molar-refractivity contribution is 0.0436. The SMILES string of the molecule is CC1=C(C#N)C[C@](C)(O)CC[C@@H]1O. The molecule has 1 rings (SSSR count). The highest BCUT2D eigenvalue weighted by Gasteiger charge is 2.29. The Bertz CT molecular complexity index is 273. The zero-order valence-corrected chi connectivity index (χ0v) is 8.04. The Balaban J connectivity index is 2.98. The van der Waals surface area contributed by atoms with Gasteiger partial charge < -0.3 is 10.2 Å². The molecule has 0 saturated heterocycles. The first kappa shape index (κ1) is 10.2. The van der Waals surface area contributed by atoms with Crippen LogP contribution in [0.4, 0.5) is 0 Å². The highest BCUT2D eigenvalue weighted by molar-refractivity contribution is 5.31. The number of nitriles is 1. The van der Waals surface area contributed by atoms with Crippen molar-refractivity contribution in [1.29, 1.82) is 5.26 Å². The van der Waals surface area contributed by atoms with Crippen LogP contribution in [-0.4, -0.2) is 21.9 Å². The zero-order chi connectivity index (χ0) is 10.1. The average molecular weight is 181 g/mol. The fourth-order valence-corrected chi connectivity index (χ4v) is 1.60. The van der Waals surface area contributed by atoms with E-state index in [0.717, 1.165) is 0 Å². The van der Waals surface area contributed by atoms with Crippen molar-refractivity contribution in [3.8, 4) is 6.07 Å². The molecule has 2 atom stereocenters. The molecule has 3 nitrogen and oxygen atoms in total. The van der Waals surface area contributed by atoms with Crippen LogP contribution in [0.2, 0.25) is 0 Å². The van der Waals surface area contributed by atoms with Crippen molar-refractivity contribution < 1.29 is 10.2 Å². The Labute approximate surface area is 78.3 Å². The summed E-state index contributed by atoms with van der Waals surface area (Å²) in [5.41, 5.74) is 0.388. The molecule has 1 aliphatic rings. The Kier molecular flexibility index (Phi) is 2.74. The van der Waals surface area contributed by atoms with Crippen LogP contribution in [-0.2, 0) is 0 Å². The summed E-state index contributed by atoms with van der Waals surface area (Å²) >= 11 is 0. The van der Waals surface area contributed by atoms with Gasteiger partial charge in [-0.3, -0.25) is 0 Å². The van der Waals surface area contributed by atoms with E-state index >= 15 is 0 Å². The summed E-state index contributed by atoms with van der Waals surface area (Å²) in [6.07, 6.45) is 0.858. The highest BCUT2D eigenvalue weighted by Crippen LogP contribution is 2.30. The van der Waals surface area contributed by atoms with Crippen LogP contribution in [0.15, 0.2) is 11.1 Å². The van der Waals surface area contributed by atoms with Gasteiger partial charge in [-0.2, -0.15) is 5.26 Å². The Morgan fingerprint density at radius 2 is 2.23 bits per heavy atom. The van der Waals surface area contributed by atoms with Crippen LogP contribution in [0.1, 0.15) is 33.1 Å². The maximum Gasteiger partial charge on any atom is 0.0948 e. The lowest BCUT2D eigenvalue weighted by Crippen LogP contribution is -2.23. The summed E-state index contributed by atoms with van der Waals surface area (Å²) < 4.78 is 0. The van der Waals surface area contributed by atoms with Gasteiger partial charge in [0.25, 0.3) is 0 Å². The first-order valence-corrected chi connectivity index (χ1v) is 4.46. The zero-order valence-electron chi connectivity index (χ0n) is 8.04. The molecule has 0 aromatic rings. The standard InChI is InChI=1S/C10H15NO2/c1-7-8(6-11)5-10(2,13)4-3-9(7)12/h9,12-13H,3-5H2,1-2H3/t9-,10+/m0/s1. The van der Waals surface area contributed by atoms with Gasteiger partial charge in [-0.15, -0.1) is 0 Å². The summed E-state index contributed by atoms with van der Waals surface area (Å²) in [5, 5.41) is 28.2. The largest absolute Gasteiger partial charge is 0.390 e. The molecule has 2 N–H and O–H groups in total. The molecule has 0 fully saturated rings. The van der Waals surface area contributed by atoms with Gasteiger partial charge in [-0.05, 0) is 32.3 Å². The highest BCUT2D eigenvalue weighted by atomic mass is 16.3. The van der Waals surface area contributed by atoms with Gasteiger partial charge in [0.1, 0.15) is 0 Å². The Morgan fingerprint density at radius 3 is 2.77 bits per heavy atom. The van der Waals surface area contributed by atoms with Gasteiger partial charge >= 0.3 is 0 Å². The molecule has 13 heavy (non-hydrogen) atoms. The molecule has 0 unspecified atom stereocenters. The predicted molar refractivity (Wildman–Crippen MR) is 48.8 cm³/mol. The minimum atomic E-state index is -0.843. The second kappa shape index (κ2) is 3.49. The number of aliphatic hydroxyl groups excluding tert-OH is 1. The number of rotatable bonds is 0. The molecule has 0 bridgehead atoms. The second-order valence-electron chi connectivity index (χ2n) is 4.00. The normalized spacial score (nSPS) is 35.5. The molecular weight excluding hydrogens is 166 g/mol. The van der Waals surface area contributed by atoms with Crippen molar-refractivity contribution >= 4 is 0 Å². The van der Waals surface area contributed by atoms with Crippen molar-refractivity contribution in [1.82, 2.24) is 0 Å². The van der Waals surface area contributed by atoms with Crippen LogP contribution in [0.3, 0.4) is 0 Å². The quantitative estimate of drug-likeness (QED) is 0.588. The summed E-state index contributed by atoms with van der Waals surface area (Å²) in [6, 6.07) is 2.04. The smallest absolute Gasteiger partial charge is 0.0948 e. The van der Waals surface area contributed by atoms with Gasteiger partial charge in [-0.1, -0.05) is 0 Å². The van der Waals surface area contributed by atoms with E-state index in [9.17, 15) is 10.2 Å². The first-order valence-electron chi connectivity index (χ1n) is 4.46. The predicted octanol–water partition coefficient (Wildman–Crippen LogP) is 1.12. The summed E-state index contributed by atoms with van der Waals surface area (Å²) in [5.74, 6) is 0. The van der Waals surface area contributed by atoms with Crippen molar-refractivity contribution in [2.45, 2.75) is 44.8 Å². The molecular formula is C10H15NO2. The molecule has 1 aliphatic carbocycles. The number of nitrogens with zero attached hydrogens (tertiary/aromatic N) is 1. The Hall–Kier alpha value is -0.850. The molecule has 0 amide bonds. The third-order valence-electron chi connectivity index (χ3n) is 2.62. The van der Waals surface area contributed by atoms with Crippen LogP contribution in [0.5, 0.6) is 0 Å². The van der Waals surface area contributed by atoms with Gasteiger partial charge in [0.05, 0.1) is 17.8 Å². The first-order chi connectivity index (χ1) is 5.96. The third-order valence-corrected chi connectivity index (χ3v) is 2.62. The second-order valence-corrected chi connectivity index (χ2v) is 4.00. The van der Waals surface area contributed by atoms with E-state index in [0.29, 0.717) is 30.4 Å². The van der Waals surface area contributed by atoms with E-state index in [4.69, 9.17) is 5.26 Å². The third kappa shape index (κ3) is 2.30. The molecule has 0 saturated carbocycles. The summed E-state index contributed by atoms with van der Waals surface area (Å²) in [4.78, 5) is 0. The lowest BCUT2D eigenvalue weighted by atomic mass is 9.94. The molecule has 0 heterocycles. The van der Waals surface area contributed by atoms with E-state index < -0.39 is 11.7 Å². The van der Waals surface area contributed by atoms with Crippen molar-refractivity contribution in [2.24, 2.45) is 0 Å². The molecule has 0 aromatic carbocycles. The molecule has 0 radical (unpaired) electrons. The van der Waals surface area contributed by atoms with E-state index in [2.05, 4.69) is 0 Å². The van der Waals surface area contributed by atoms with Gasteiger partial charge in [0.15, 0.2) is 0 Å². The van der Waals surface area contributed by atoms with Crippen LogP contribution in [0.25, 0.3) is 0 Å². The number of aliphatic hydroxyl groups is 2. The van der Waals surface area contributed by atoms with Crippen LogP contribution < -0.4 is 0 Å². The van der Waals surface area contributed by atoms with E-state index in [1.807, 2.05) is 6.07 Å². The maximum absolute atomic E-state index is 9.80. The van der Waals surface area contributed by atoms with E-state index in [1.165, 1.54) is 0 Å². The van der Waals surface area contributed by atoms with Crippen LogP contribution in [0, 0.1) is 11.3 Å². The fraction of sp³-hybridized carbons (Fsp3) is 0.700. The van der Waals surface area contributed by atoms with Gasteiger partial charge in [0.2, 0.25) is 0 Å². The van der Waals surface area contributed by atoms with Crippen molar-refractivity contribution in [3.05, 3.63) is 11.1 Å². The molecule has 3 heteroatoms. The van der Waals surface area contributed by atoms with Crippen molar-refractivity contribution in [2.75, 3.05) is 0 Å². The minimum absolute atomic E-state index is 0.354. The topological polar surface area (TPSA) is 64.2 Å². The van der Waals surface area contributed by atoms with E-state index in [1.54, 1.807) is 13.8 Å². The number of hydrogen-bond donors (Lipinski definition) is 2. The summed E-state index contributed by atoms with van der Waals surface area (Å²) in [7, 11) is 0. The Morgan fingerprint density at radius 1 is 1.62 bits per heavy atom. The van der Waals surface area contributed by atoms with E-state index in [-0.39, 0.29) is 0 Å². The lowest BCUT2D eigenvalue weighted by Gasteiger charge is -2.20. The van der Waals surface area contributed by atoms with Crippen LogP contribution >= 0.6 is 0 Å². The number of hydrogen-bond acceptors (Lipinski definition) is 3. The fourth-order valence-electron chi connectivity index (χ4n) is 1.60.